The third-order valence-electron chi connectivity index (χ3n) is 2.75. The normalized spacial score (nSPS) is 11.9. The molecule has 1 unspecified atom stereocenters. The van der Waals surface area contributed by atoms with Crippen molar-refractivity contribution in [3.63, 3.8) is 0 Å². The van der Waals surface area contributed by atoms with Crippen molar-refractivity contribution in [2.45, 2.75) is 13.0 Å². The predicted molar refractivity (Wildman–Crippen MR) is 70.9 cm³/mol. The van der Waals surface area contributed by atoms with Gasteiger partial charge in [0.05, 0.1) is 13.2 Å². The van der Waals surface area contributed by atoms with Crippen LogP contribution in [0.2, 0.25) is 0 Å². The van der Waals surface area contributed by atoms with E-state index in [2.05, 4.69) is 10.3 Å². The van der Waals surface area contributed by atoms with Crippen LogP contribution >= 0.6 is 0 Å². The van der Waals surface area contributed by atoms with Gasteiger partial charge >= 0.3 is 0 Å². The number of aromatic hydroxyl groups is 1. The van der Waals surface area contributed by atoms with E-state index in [9.17, 15) is 9.50 Å². The highest BCUT2D eigenvalue weighted by molar-refractivity contribution is 5.43. The van der Waals surface area contributed by atoms with Crippen molar-refractivity contribution >= 4 is 5.82 Å². The van der Waals surface area contributed by atoms with Gasteiger partial charge in [-0.25, -0.2) is 4.39 Å². The Labute approximate surface area is 110 Å². The van der Waals surface area contributed by atoms with E-state index in [0.29, 0.717) is 17.3 Å². The Kier molecular flexibility index (Phi) is 3.85. The van der Waals surface area contributed by atoms with Crippen molar-refractivity contribution in [2.75, 3.05) is 12.4 Å². The number of halogens is 1. The molecule has 1 aromatic carbocycles. The maximum atomic E-state index is 13.2. The lowest BCUT2D eigenvalue weighted by Gasteiger charge is -2.16. The second-order valence-electron chi connectivity index (χ2n) is 4.13. The number of ether oxygens (including phenoxy) is 1. The highest BCUT2D eigenvalue weighted by Gasteiger charge is 2.12. The molecule has 0 fully saturated rings. The molecule has 2 rings (SSSR count). The molecule has 0 amide bonds. The molecule has 100 valence electrons. The van der Waals surface area contributed by atoms with E-state index in [0.717, 1.165) is 0 Å². The number of anilines is 1. The Morgan fingerprint density at radius 3 is 2.84 bits per heavy atom. The number of rotatable bonds is 4. The molecule has 0 spiro atoms. The fourth-order valence-electron chi connectivity index (χ4n) is 1.78. The molecule has 5 heteroatoms. The Morgan fingerprint density at radius 2 is 2.11 bits per heavy atom. The molecule has 0 saturated carbocycles. The van der Waals surface area contributed by atoms with E-state index in [1.807, 2.05) is 6.92 Å². The van der Waals surface area contributed by atoms with Crippen molar-refractivity contribution in [1.29, 1.82) is 0 Å². The van der Waals surface area contributed by atoms with Gasteiger partial charge in [0, 0.05) is 11.6 Å². The zero-order valence-electron chi connectivity index (χ0n) is 10.7. The molecule has 1 atom stereocenters. The Balaban J connectivity index is 2.20. The quantitative estimate of drug-likeness (QED) is 0.889. The SMILES string of the molecule is COc1cccc(NC(C)c2cc(F)ccc2O)n1. The maximum Gasteiger partial charge on any atom is 0.214 e. The number of hydrogen-bond acceptors (Lipinski definition) is 4. The van der Waals surface area contributed by atoms with Crippen LogP contribution in [0.15, 0.2) is 36.4 Å². The monoisotopic (exact) mass is 262 g/mol. The van der Waals surface area contributed by atoms with Crippen molar-refractivity contribution in [1.82, 2.24) is 4.98 Å². The van der Waals surface area contributed by atoms with Gasteiger partial charge in [-0.2, -0.15) is 4.98 Å². The lowest BCUT2D eigenvalue weighted by Crippen LogP contribution is -2.08. The molecule has 1 aromatic heterocycles. The summed E-state index contributed by atoms with van der Waals surface area (Å²) in [4.78, 5) is 4.20. The molecule has 0 aliphatic rings. The van der Waals surface area contributed by atoms with E-state index >= 15 is 0 Å². The van der Waals surface area contributed by atoms with Crippen LogP contribution in [0.25, 0.3) is 0 Å². The second-order valence-corrected chi connectivity index (χ2v) is 4.13. The van der Waals surface area contributed by atoms with Gasteiger partial charge < -0.3 is 15.2 Å². The number of pyridine rings is 1. The van der Waals surface area contributed by atoms with Crippen LogP contribution in [0.5, 0.6) is 11.6 Å². The minimum absolute atomic E-state index is 0.0456. The topological polar surface area (TPSA) is 54.4 Å². The van der Waals surface area contributed by atoms with Gasteiger partial charge in [0.1, 0.15) is 17.4 Å². The molecular weight excluding hydrogens is 247 g/mol. The van der Waals surface area contributed by atoms with E-state index in [4.69, 9.17) is 4.74 Å². The Morgan fingerprint density at radius 1 is 1.32 bits per heavy atom. The van der Waals surface area contributed by atoms with Gasteiger partial charge in [-0.1, -0.05) is 6.07 Å². The van der Waals surface area contributed by atoms with Gasteiger partial charge in [0.2, 0.25) is 5.88 Å². The number of hydrogen-bond donors (Lipinski definition) is 2. The molecule has 0 aliphatic heterocycles. The average molecular weight is 262 g/mol. The van der Waals surface area contributed by atoms with E-state index in [1.165, 1.54) is 25.3 Å². The van der Waals surface area contributed by atoms with Gasteiger partial charge in [0.15, 0.2) is 0 Å². The number of phenols is 1. The van der Waals surface area contributed by atoms with Crippen LogP contribution in [-0.4, -0.2) is 17.2 Å². The number of nitrogens with zero attached hydrogens (tertiary/aromatic N) is 1. The predicted octanol–water partition coefficient (Wildman–Crippen LogP) is 3.11. The molecule has 0 aliphatic carbocycles. The molecule has 4 nitrogen and oxygen atoms in total. The summed E-state index contributed by atoms with van der Waals surface area (Å²) < 4.78 is 18.2. The summed E-state index contributed by atoms with van der Waals surface area (Å²) in [6.45, 7) is 1.82. The van der Waals surface area contributed by atoms with Gasteiger partial charge in [0.25, 0.3) is 0 Å². The third kappa shape index (κ3) is 3.13. The lowest BCUT2D eigenvalue weighted by atomic mass is 10.1. The van der Waals surface area contributed by atoms with Crippen LogP contribution in [0, 0.1) is 5.82 Å². The van der Waals surface area contributed by atoms with Crippen molar-refractivity contribution < 1.29 is 14.2 Å². The standard InChI is InChI=1S/C14H15FN2O2/c1-9(11-8-10(15)6-7-12(11)18)16-13-4-3-5-14(17-13)19-2/h3-9,18H,1-2H3,(H,16,17). The van der Waals surface area contributed by atoms with E-state index in [-0.39, 0.29) is 17.6 Å². The van der Waals surface area contributed by atoms with Crippen LogP contribution in [0.1, 0.15) is 18.5 Å². The molecule has 19 heavy (non-hydrogen) atoms. The minimum Gasteiger partial charge on any atom is -0.508 e. The van der Waals surface area contributed by atoms with Crippen molar-refractivity contribution in [3.8, 4) is 11.6 Å². The molecule has 2 N–H and O–H groups in total. The molecular formula is C14H15FN2O2. The number of nitrogens with one attached hydrogen (secondary N) is 1. The fourth-order valence-corrected chi connectivity index (χ4v) is 1.78. The molecule has 0 bridgehead atoms. The Bertz CT molecular complexity index is 575. The minimum atomic E-state index is -0.389. The molecule has 0 radical (unpaired) electrons. The largest absolute Gasteiger partial charge is 0.508 e. The summed E-state index contributed by atoms with van der Waals surface area (Å²) in [5, 5.41) is 12.8. The number of phenolic OH excluding ortho intramolecular Hbond substituents is 1. The highest BCUT2D eigenvalue weighted by atomic mass is 19.1. The zero-order chi connectivity index (χ0) is 13.8. The molecule has 1 heterocycles. The van der Waals surface area contributed by atoms with Crippen LogP contribution in [-0.2, 0) is 0 Å². The summed E-state index contributed by atoms with van der Waals surface area (Å²) in [7, 11) is 1.54. The molecule has 2 aromatic rings. The van der Waals surface area contributed by atoms with Crippen molar-refractivity contribution in [2.24, 2.45) is 0 Å². The molecule has 0 saturated heterocycles. The summed E-state index contributed by atoms with van der Waals surface area (Å²) in [5.74, 6) is 0.737. The summed E-state index contributed by atoms with van der Waals surface area (Å²) in [6, 6.07) is 8.87. The van der Waals surface area contributed by atoms with Crippen LogP contribution in [0.3, 0.4) is 0 Å². The van der Waals surface area contributed by atoms with Crippen LogP contribution < -0.4 is 10.1 Å². The lowest BCUT2D eigenvalue weighted by molar-refractivity contribution is 0.398. The summed E-state index contributed by atoms with van der Waals surface area (Å²) >= 11 is 0. The first-order valence-corrected chi connectivity index (χ1v) is 5.86. The fraction of sp³-hybridized carbons (Fsp3) is 0.214. The van der Waals surface area contributed by atoms with Crippen molar-refractivity contribution in [3.05, 3.63) is 47.8 Å². The first-order chi connectivity index (χ1) is 9.10. The smallest absolute Gasteiger partial charge is 0.214 e. The van der Waals surface area contributed by atoms with Gasteiger partial charge in [-0.3, -0.25) is 0 Å². The summed E-state index contributed by atoms with van der Waals surface area (Å²) in [6.07, 6.45) is 0. The maximum absolute atomic E-state index is 13.2. The first kappa shape index (κ1) is 13.1. The van der Waals surface area contributed by atoms with Gasteiger partial charge in [-0.15, -0.1) is 0 Å². The highest BCUT2D eigenvalue weighted by Crippen LogP contribution is 2.27. The number of aromatic nitrogens is 1. The first-order valence-electron chi connectivity index (χ1n) is 5.86. The van der Waals surface area contributed by atoms with E-state index in [1.54, 1.807) is 18.2 Å². The summed E-state index contributed by atoms with van der Waals surface area (Å²) in [5.41, 5.74) is 0.476. The van der Waals surface area contributed by atoms with Gasteiger partial charge in [-0.05, 0) is 31.2 Å². The second kappa shape index (κ2) is 5.56. The van der Waals surface area contributed by atoms with Crippen LogP contribution in [0.4, 0.5) is 10.2 Å². The number of benzene rings is 1. The zero-order valence-corrected chi connectivity index (χ0v) is 10.7. The third-order valence-corrected chi connectivity index (χ3v) is 2.75. The van der Waals surface area contributed by atoms with E-state index < -0.39 is 0 Å². The number of methoxy groups -OCH3 is 1. The average Bonchev–Trinajstić information content (AvgIpc) is 2.41. The Hall–Kier alpha value is -2.30.